The van der Waals surface area contributed by atoms with Gasteiger partial charge in [-0.05, 0) is 36.5 Å². The molecule has 1 heterocycles. The quantitative estimate of drug-likeness (QED) is 0.797. The van der Waals surface area contributed by atoms with Crippen LogP contribution in [0.15, 0.2) is 29.2 Å². The molecule has 0 aliphatic carbocycles. The molecule has 0 unspecified atom stereocenters. The molecule has 0 amide bonds. The molecular formula is C12H17N3O3S2. The molecule has 1 saturated heterocycles. The molecule has 0 saturated carbocycles. The second-order valence-electron chi connectivity index (χ2n) is 4.24. The first-order valence-corrected chi connectivity index (χ1v) is 8.05. The number of hydrogen-bond acceptors (Lipinski definition) is 4. The van der Waals surface area contributed by atoms with Crippen molar-refractivity contribution in [1.82, 2.24) is 9.62 Å². The lowest BCUT2D eigenvalue weighted by Gasteiger charge is -2.26. The number of nitrogens with zero attached hydrogens (tertiary/aromatic N) is 1. The average Bonchev–Trinajstić information content (AvgIpc) is 2.48. The van der Waals surface area contributed by atoms with Gasteiger partial charge >= 0.3 is 0 Å². The first kappa shape index (κ1) is 15.2. The van der Waals surface area contributed by atoms with Crippen LogP contribution in [0.2, 0.25) is 0 Å². The van der Waals surface area contributed by atoms with Crippen molar-refractivity contribution in [2.45, 2.75) is 4.90 Å². The van der Waals surface area contributed by atoms with Crippen molar-refractivity contribution in [3.63, 3.8) is 0 Å². The molecular weight excluding hydrogens is 298 g/mol. The van der Waals surface area contributed by atoms with Crippen molar-refractivity contribution in [2.24, 2.45) is 0 Å². The molecule has 0 bridgehead atoms. The standard InChI is InChI=1S/C12H17N3O3S2/c1-13-12(19)14-10-2-4-11(5-3-10)20(16,17)15-6-8-18-9-7-15/h2-5H,6-9H2,1H3,(H2,13,14,19). The first-order chi connectivity index (χ1) is 9.54. The first-order valence-electron chi connectivity index (χ1n) is 6.21. The minimum Gasteiger partial charge on any atom is -0.379 e. The summed E-state index contributed by atoms with van der Waals surface area (Å²) < 4.78 is 31.4. The number of anilines is 1. The van der Waals surface area contributed by atoms with Crippen molar-refractivity contribution >= 4 is 33.0 Å². The molecule has 2 rings (SSSR count). The van der Waals surface area contributed by atoms with E-state index < -0.39 is 10.0 Å². The van der Waals surface area contributed by atoms with Gasteiger partial charge in [0.1, 0.15) is 0 Å². The zero-order valence-corrected chi connectivity index (χ0v) is 12.8. The molecule has 2 N–H and O–H groups in total. The summed E-state index contributed by atoms with van der Waals surface area (Å²) in [7, 11) is -1.72. The van der Waals surface area contributed by atoms with Crippen molar-refractivity contribution in [3.05, 3.63) is 24.3 Å². The smallest absolute Gasteiger partial charge is 0.243 e. The van der Waals surface area contributed by atoms with E-state index >= 15 is 0 Å². The van der Waals surface area contributed by atoms with Crippen LogP contribution < -0.4 is 10.6 Å². The second kappa shape index (κ2) is 6.49. The minimum atomic E-state index is -3.44. The highest BCUT2D eigenvalue weighted by Crippen LogP contribution is 2.19. The van der Waals surface area contributed by atoms with Crippen molar-refractivity contribution in [3.8, 4) is 0 Å². The van der Waals surface area contributed by atoms with Gasteiger partial charge in [-0.25, -0.2) is 8.42 Å². The fourth-order valence-electron chi connectivity index (χ4n) is 1.84. The molecule has 1 aliphatic heterocycles. The summed E-state index contributed by atoms with van der Waals surface area (Å²) in [6.07, 6.45) is 0. The van der Waals surface area contributed by atoms with Crippen molar-refractivity contribution < 1.29 is 13.2 Å². The number of thiocarbonyl (C=S) groups is 1. The summed E-state index contributed by atoms with van der Waals surface area (Å²) >= 11 is 4.98. The van der Waals surface area contributed by atoms with E-state index in [2.05, 4.69) is 10.6 Å². The summed E-state index contributed by atoms with van der Waals surface area (Å²) in [5.41, 5.74) is 0.741. The van der Waals surface area contributed by atoms with E-state index in [1.165, 1.54) is 4.31 Å². The summed E-state index contributed by atoms with van der Waals surface area (Å²) in [6, 6.07) is 6.53. The lowest BCUT2D eigenvalue weighted by molar-refractivity contribution is 0.0730. The number of hydrogen-bond donors (Lipinski definition) is 2. The lowest BCUT2D eigenvalue weighted by Crippen LogP contribution is -2.40. The molecule has 0 radical (unpaired) electrons. The number of nitrogens with one attached hydrogen (secondary N) is 2. The lowest BCUT2D eigenvalue weighted by atomic mass is 10.3. The van der Waals surface area contributed by atoms with Crippen LogP contribution in [0, 0.1) is 0 Å². The van der Waals surface area contributed by atoms with Crippen LogP contribution in [0.1, 0.15) is 0 Å². The molecule has 0 atom stereocenters. The van der Waals surface area contributed by atoms with Gasteiger partial charge in [0, 0.05) is 25.8 Å². The maximum atomic E-state index is 12.4. The van der Waals surface area contributed by atoms with Crippen LogP contribution in [0.5, 0.6) is 0 Å². The normalized spacial score (nSPS) is 16.6. The number of morpholine rings is 1. The number of ether oxygens (including phenoxy) is 1. The highest BCUT2D eigenvalue weighted by atomic mass is 32.2. The predicted octanol–water partition coefficient (Wildman–Crippen LogP) is 0.624. The van der Waals surface area contributed by atoms with Gasteiger partial charge in [0.15, 0.2) is 5.11 Å². The van der Waals surface area contributed by atoms with E-state index in [0.29, 0.717) is 31.4 Å². The van der Waals surface area contributed by atoms with Crippen molar-refractivity contribution in [2.75, 3.05) is 38.7 Å². The predicted molar refractivity (Wildman–Crippen MR) is 81.3 cm³/mol. The highest BCUT2D eigenvalue weighted by Gasteiger charge is 2.25. The Bertz CT molecular complexity index is 566. The van der Waals surface area contributed by atoms with Gasteiger partial charge in [-0.2, -0.15) is 4.31 Å². The van der Waals surface area contributed by atoms with Crippen LogP contribution in [0.4, 0.5) is 5.69 Å². The molecule has 1 aromatic carbocycles. The van der Waals surface area contributed by atoms with Crippen LogP contribution in [-0.2, 0) is 14.8 Å². The van der Waals surface area contributed by atoms with Crippen LogP contribution in [0.3, 0.4) is 0 Å². The molecule has 1 aromatic rings. The molecule has 6 nitrogen and oxygen atoms in total. The third-order valence-electron chi connectivity index (χ3n) is 2.95. The molecule has 0 aromatic heterocycles. The summed E-state index contributed by atoms with van der Waals surface area (Å²) in [6.45, 7) is 1.67. The number of sulfonamides is 1. The maximum absolute atomic E-state index is 12.4. The highest BCUT2D eigenvalue weighted by molar-refractivity contribution is 7.89. The summed E-state index contributed by atoms with van der Waals surface area (Å²) in [4.78, 5) is 0.278. The Kier molecular flexibility index (Phi) is 4.92. The third kappa shape index (κ3) is 3.45. The molecule has 8 heteroatoms. The maximum Gasteiger partial charge on any atom is 0.243 e. The Labute approximate surface area is 124 Å². The molecule has 1 aliphatic rings. The molecule has 20 heavy (non-hydrogen) atoms. The fraction of sp³-hybridized carbons (Fsp3) is 0.417. The van der Waals surface area contributed by atoms with E-state index in [-0.39, 0.29) is 4.90 Å². The largest absolute Gasteiger partial charge is 0.379 e. The van der Waals surface area contributed by atoms with E-state index in [0.717, 1.165) is 5.69 Å². The Morgan fingerprint density at radius 2 is 1.85 bits per heavy atom. The number of benzene rings is 1. The monoisotopic (exact) mass is 315 g/mol. The van der Waals surface area contributed by atoms with Gasteiger partial charge in [-0.15, -0.1) is 0 Å². The zero-order chi connectivity index (χ0) is 14.6. The van der Waals surface area contributed by atoms with E-state index in [9.17, 15) is 8.42 Å². The Morgan fingerprint density at radius 3 is 2.40 bits per heavy atom. The SMILES string of the molecule is CNC(=S)Nc1ccc(S(=O)(=O)N2CCOCC2)cc1. The van der Waals surface area contributed by atoms with Gasteiger partial charge in [-0.1, -0.05) is 0 Å². The van der Waals surface area contributed by atoms with E-state index in [4.69, 9.17) is 17.0 Å². The van der Waals surface area contributed by atoms with Crippen molar-refractivity contribution in [1.29, 1.82) is 0 Å². The van der Waals surface area contributed by atoms with E-state index in [1.807, 2.05) is 0 Å². The van der Waals surface area contributed by atoms with Crippen LogP contribution in [0.25, 0.3) is 0 Å². The number of rotatable bonds is 3. The Hall–Kier alpha value is -1.22. The van der Waals surface area contributed by atoms with Gasteiger partial charge in [0.25, 0.3) is 0 Å². The second-order valence-corrected chi connectivity index (χ2v) is 6.59. The Morgan fingerprint density at radius 1 is 1.25 bits per heavy atom. The average molecular weight is 315 g/mol. The van der Waals surface area contributed by atoms with Gasteiger partial charge in [0.2, 0.25) is 10.0 Å². The van der Waals surface area contributed by atoms with Crippen LogP contribution >= 0.6 is 12.2 Å². The fourth-order valence-corrected chi connectivity index (χ4v) is 3.37. The topological polar surface area (TPSA) is 70.7 Å². The Balaban J connectivity index is 2.14. The summed E-state index contributed by atoms with van der Waals surface area (Å²) in [5, 5.41) is 6.21. The van der Waals surface area contributed by atoms with Crippen LogP contribution in [-0.4, -0.2) is 51.2 Å². The van der Waals surface area contributed by atoms with Gasteiger partial charge in [0.05, 0.1) is 18.1 Å². The summed E-state index contributed by atoms with van der Waals surface area (Å²) in [5.74, 6) is 0. The van der Waals surface area contributed by atoms with Gasteiger partial charge < -0.3 is 15.4 Å². The van der Waals surface area contributed by atoms with Gasteiger partial charge in [-0.3, -0.25) is 0 Å². The molecule has 110 valence electrons. The molecule has 0 spiro atoms. The third-order valence-corrected chi connectivity index (χ3v) is 5.17. The van der Waals surface area contributed by atoms with E-state index in [1.54, 1.807) is 31.3 Å². The zero-order valence-electron chi connectivity index (χ0n) is 11.1. The minimum absolute atomic E-state index is 0.278. The molecule has 1 fully saturated rings.